The summed E-state index contributed by atoms with van der Waals surface area (Å²) in [4.78, 5) is 5.82. The van der Waals surface area contributed by atoms with E-state index in [9.17, 15) is 0 Å². The van der Waals surface area contributed by atoms with Gasteiger partial charge in [0.1, 0.15) is 5.01 Å². The first-order chi connectivity index (χ1) is 9.10. The summed E-state index contributed by atoms with van der Waals surface area (Å²) in [6.07, 6.45) is 3.03. The zero-order valence-corrected chi connectivity index (χ0v) is 13.1. The molecule has 1 aromatic heterocycles. The average Bonchev–Trinajstić information content (AvgIpc) is 2.88. The lowest BCUT2D eigenvalue weighted by Gasteiger charge is -2.18. The molecule has 1 N–H and O–H groups in total. The van der Waals surface area contributed by atoms with Crippen molar-refractivity contribution < 1.29 is 0 Å². The van der Waals surface area contributed by atoms with Crippen LogP contribution in [-0.4, -0.2) is 4.98 Å². The SMILES string of the molecule is CCc1cnc(C(C)NC(C)c2ccc(Cl)cc2)s1. The first-order valence-corrected chi connectivity index (χ1v) is 7.75. The molecule has 0 saturated heterocycles. The van der Waals surface area contributed by atoms with Gasteiger partial charge in [-0.25, -0.2) is 4.98 Å². The molecule has 2 atom stereocenters. The number of thiazole rings is 1. The molecule has 0 aliphatic heterocycles. The smallest absolute Gasteiger partial charge is 0.109 e. The quantitative estimate of drug-likeness (QED) is 0.859. The van der Waals surface area contributed by atoms with Gasteiger partial charge in [0.2, 0.25) is 0 Å². The van der Waals surface area contributed by atoms with Gasteiger partial charge in [0, 0.05) is 22.1 Å². The molecule has 2 aromatic rings. The predicted molar refractivity (Wildman–Crippen MR) is 82.9 cm³/mol. The van der Waals surface area contributed by atoms with Gasteiger partial charge in [-0.2, -0.15) is 0 Å². The van der Waals surface area contributed by atoms with E-state index in [1.165, 1.54) is 10.4 Å². The molecule has 0 spiro atoms. The molecule has 2 unspecified atom stereocenters. The molecule has 1 heterocycles. The van der Waals surface area contributed by atoms with Crippen LogP contribution in [0.15, 0.2) is 30.5 Å². The van der Waals surface area contributed by atoms with Crippen LogP contribution < -0.4 is 5.32 Å². The molecule has 0 bridgehead atoms. The summed E-state index contributed by atoms with van der Waals surface area (Å²) in [6, 6.07) is 8.52. The van der Waals surface area contributed by atoms with Crippen LogP contribution >= 0.6 is 22.9 Å². The fourth-order valence-electron chi connectivity index (χ4n) is 1.98. The van der Waals surface area contributed by atoms with Gasteiger partial charge in [-0.05, 0) is 38.0 Å². The van der Waals surface area contributed by atoms with Crippen molar-refractivity contribution >= 4 is 22.9 Å². The highest BCUT2D eigenvalue weighted by Crippen LogP contribution is 2.24. The number of nitrogens with one attached hydrogen (secondary N) is 1. The van der Waals surface area contributed by atoms with Crippen molar-refractivity contribution in [3.05, 3.63) is 50.9 Å². The summed E-state index contributed by atoms with van der Waals surface area (Å²) in [7, 11) is 0. The molecule has 2 nitrogen and oxygen atoms in total. The van der Waals surface area contributed by atoms with Gasteiger partial charge < -0.3 is 5.32 Å². The Morgan fingerprint density at radius 3 is 2.47 bits per heavy atom. The Morgan fingerprint density at radius 1 is 1.21 bits per heavy atom. The number of aryl methyl sites for hydroxylation is 1. The molecular formula is C15H19ClN2S. The Balaban J connectivity index is 2.01. The van der Waals surface area contributed by atoms with Crippen LogP contribution in [0.3, 0.4) is 0 Å². The molecule has 1 aromatic carbocycles. The van der Waals surface area contributed by atoms with E-state index < -0.39 is 0 Å². The van der Waals surface area contributed by atoms with Crippen LogP contribution in [0.25, 0.3) is 0 Å². The lowest BCUT2D eigenvalue weighted by molar-refractivity contribution is 0.493. The Hall–Kier alpha value is -0.900. The van der Waals surface area contributed by atoms with E-state index >= 15 is 0 Å². The highest BCUT2D eigenvalue weighted by molar-refractivity contribution is 7.11. The third kappa shape index (κ3) is 3.78. The molecule has 102 valence electrons. The molecule has 0 aliphatic carbocycles. The molecule has 2 rings (SSSR count). The molecule has 0 amide bonds. The maximum absolute atomic E-state index is 5.91. The number of hydrogen-bond donors (Lipinski definition) is 1. The lowest BCUT2D eigenvalue weighted by atomic mass is 10.1. The van der Waals surface area contributed by atoms with Crippen molar-refractivity contribution in [3.63, 3.8) is 0 Å². The number of rotatable bonds is 5. The number of halogens is 1. The monoisotopic (exact) mass is 294 g/mol. The van der Waals surface area contributed by atoms with Crippen molar-refractivity contribution in [1.29, 1.82) is 0 Å². The molecule has 0 fully saturated rings. The van der Waals surface area contributed by atoms with Crippen LogP contribution in [0.5, 0.6) is 0 Å². The van der Waals surface area contributed by atoms with Crippen molar-refractivity contribution in [1.82, 2.24) is 10.3 Å². The number of nitrogens with zero attached hydrogens (tertiary/aromatic N) is 1. The molecular weight excluding hydrogens is 276 g/mol. The van der Waals surface area contributed by atoms with E-state index in [-0.39, 0.29) is 12.1 Å². The van der Waals surface area contributed by atoms with E-state index in [4.69, 9.17) is 11.6 Å². The van der Waals surface area contributed by atoms with Gasteiger partial charge >= 0.3 is 0 Å². The maximum atomic E-state index is 5.91. The highest BCUT2D eigenvalue weighted by atomic mass is 35.5. The van der Waals surface area contributed by atoms with Crippen LogP contribution in [-0.2, 0) is 6.42 Å². The van der Waals surface area contributed by atoms with E-state index in [2.05, 4.69) is 43.2 Å². The summed E-state index contributed by atoms with van der Waals surface area (Å²) in [5.74, 6) is 0. The van der Waals surface area contributed by atoms with Gasteiger partial charge in [0.05, 0.1) is 6.04 Å². The summed E-state index contributed by atoms with van der Waals surface area (Å²) in [6.45, 7) is 6.48. The zero-order chi connectivity index (χ0) is 13.8. The first-order valence-electron chi connectivity index (χ1n) is 6.56. The Morgan fingerprint density at radius 2 is 1.89 bits per heavy atom. The third-order valence-electron chi connectivity index (χ3n) is 3.16. The first kappa shape index (κ1) is 14.5. The standard InChI is InChI=1S/C15H19ClN2S/c1-4-14-9-17-15(19-14)11(3)18-10(2)12-5-7-13(16)8-6-12/h5-11,18H,4H2,1-3H3. The average molecular weight is 295 g/mol. The molecule has 0 aliphatic rings. The number of benzene rings is 1. The number of aromatic nitrogens is 1. The van der Waals surface area contributed by atoms with Crippen LogP contribution in [0.4, 0.5) is 0 Å². The topological polar surface area (TPSA) is 24.9 Å². The summed E-state index contributed by atoms with van der Waals surface area (Å²) in [5.41, 5.74) is 1.24. The van der Waals surface area contributed by atoms with E-state index in [1.807, 2.05) is 18.3 Å². The van der Waals surface area contributed by atoms with Gasteiger partial charge in [-0.1, -0.05) is 30.7 Å². The number of hydrogen-bond acceptors (Lipinski definition) is 3. The zero-order valence-electron chi connectivity index (χ0n) is 11.5. The Labute approximate surface area is 123 Å². The van der Waals surface area contributed by atoms with Gasteiger partial charge in [0.15, 0.2) is 0 Å². The minimum Gasteiger partial charge on any atom is -0.302 e. The second kappa shape index (κ2) is 6.51. The highest BCUT2D eigenvalue weighted by Gasteiger charge is 2.14. The van der Waals surface area contributed by atoms with Gasteiger partial charge in [0.25, 0.3) is 0 Å². The predicted octanol–water partition coefficient (Wildman–Crippen LogP) is 4.77. The molecule has 4 heteroatoms. The third-order valence-corrected chi connectivity index (χ3v) is 4.74. The van der Waals surface area contributed by atoms with Crippen LogP contribution in [0.1, 0.15) is 48.3 Å². The van der Waals surface area contributed by atoms with Crippen LogP contribution in [0.2, 0.25) is 5.02 Å². The minimum absolute atomic E-state index is 0.260. The largest absolute Gasteiger partial charge is 0.302 e. The molecule has 0 radical (unpaired) electrons. The second-order valence-electron chi connectivity index (χ2n) is 4.68. The second-order valence-corrected chi connectivity index (χ2v) is 6.26. The fourth-order valence-corrected chi connectivity index (χ4v) is 2.97. The summed E-state index contributed by atoms with van der Waals surface area (Å²) < 4.78 is 0. The normalized spacial score (nSPS) is 14.3. The van der Waals surface area contributed by atoms with Gasteiger partial charge in [-0.3, -0.25) is 0 Å². The van der Waals surface area contributed by atoms with Crippen molar-refractivity contribution in [3.8, 4) is 0 Å². The maximum Gasteiger partial charge on any atom is 0.109 e. The van der Waals surface area contributed by atoms with Crippen molar-refractivity contribution in [2.75, 3.05) is 0 Å². The van der Waals surface area contributed by atoms with Crippen LogP contribution in [0, 0.1) is 0 Å². The molecule has 0 saturated carbocycles. The van der Waals surface area contributed by atoms with E-state index in [1.54, 1.807) is 11.3 Å². The van der Waals surface area contributed by atoms with Gasteiger partial charge in [-0.15, -0.1) is 11.3 Å². The Kier molecular flexibility index (Phi) is 4.97. The van der Waals surface area contributed by atoms with E-state index in [0.29, 0.717) is 0 Å². The minimum atomic E-state index is 0.260. The summed E-state index contributed by atoms with van der Waals surface area (Å²) in [5, 5.41) is 5.50. The Bertz CT molecular complexity index is 521. The van der Waals surface area contributed by atoms with E-state index in [0.717, 1.165) is 16.5 Å². The van der Waals surface area contributed by atoms with Crippen molar-refractivity contribution in [2.45, 2.75) is 39.3 Å². The molecule has 19 heavy (non-hydrogen) atoms. The summed E-state index contributed by atoms with van der Waals surface area (Å²) >= 11 is 7.69. The van der Waals surface area contributed by atoms with Crippen molar-refractivity contribution in [2.24, 2.45) is 0 Å². The fraction of sp³-hybridized carbons (Fsp3) is 0.400. The lowest BCUT2D eigenvalue weighted by Crippen LogP contribution is -2.22.